The van der Waals surface area contributed by atoms with E-state index in [9.17, 15) is 17.6 Å². The van der Waals surface area contributed by atoms with Crippen molar-refractivity contribution in [3.05, 3.63) is 47.2 Å². The van der Waals surface area contributed by atoms with Gasteiger partial charge in [-0.15, -0.1) is 0 Å². The van der Waals surface area contributed by atoms with Crippen LogP contribution in [-0.2, 0) is 14.8 Å². The summed E-state index contributed by atoms with van der Waals surface area (Å²) in [4.78, 5) is 11.6. The van der Waals surface area contributed by atoms with Gasteiger partial charge in [-0.2, -0.15) is 0 Å². The van der Waals surface area contributed by atoms with Crippen LogP contribution in [0.1, 0.15) is 0 Å². The number of methoxy groups -OCH3 is 1. The van der Waals surface area contributed by atoms with Crippen LogP contribution in [0.25, 0.3) is 0 Å². The van der Waals surface area contributed by atoms with Crippen LogP contribution in [0.4, 0.5) is 10.1 Å². The number of carbonyl (C=O) groups is 1. The Kier molecular flexibility index (Phi) is 5.83. The highest BCUT2D eigenvalue weighted by Crippen LogP contribution is 2.27. The lowest BCUT2D eigenvalue weighted by Gasteiger charge is -2.11. The summed E-state index contributed by atoms with van der Waals surface area (Å²) in [5.41, 5.74) is 0.184. The van der Waals surface area contributed by atoms with Gasteiger partial charge < -0.3 is 14.8 Å². The molecule has 0 saturated carbocycles. The van der Waals surface area contributed by atoms with Crippen LogP contribution < -0.4 is 19.9 Å². The molecule has 0 saturated heterocycles. The zero-order valence-corrected chi connectivity index (χ0v) is 14.5. The number of ether oxygens (including phenoxy) is 2. The van der Waals surface area contributed by atoms with E-state index in [0.29, 0.717) is 0 Å². The second-order valence-electron chi connectivity index (χ2n) is 4.82. The molecule has 134 valence electrons. The number of hydrogen-bond donors (Lipinski definition) is 2. The van der Waals surface area contributed by atoms with E-state index in [1.807, 2.05) is 0 Å². The predicted molar refractivity (Wildman–Crippen MR) is 89.9 cm³/mol. The molecule has 2 rings (SSSR count). The zero-order valence-electron chi connectivity index (χ0n) is 13.0. The fraction of sp³-hybridized carbons (Fsp3) is 0.133. The minimum absolute atomic E-state index is 0.0220. The number of carbonyl (C=O) groups excluding carboxylic acids is 1. The van der Waals surface area contributed by atoms with Crippen LogP contribution in [0.5, 0.6) is 11.5 Å². The SMILES string of the molecule is COc1ccc(NC(=O)COc2ccc(F)cc2Cl)cc1S(N)(=O)=O. The summed E-state index contributed by atoms with van der Waals surface area (Å²) in [6.45, 7) is -0.415. The Labute approximate surface area is 148 Å². The first-order chi connectivity index (χ1) is 11.7. The number of nitrogens with one attached hydrogen (secondary N) is 1. The first-order valence-electron chi connectivity index (χ1n) is 6.79. The maximum Gasteiger partial charge on any atom is 0.262 e. The number of halogens is 2. The van der Waals surface area contributed by atoms with Crippen molar-refractivity contribution in [3.63, 3.8) is 0 Å². The van der Waals surface area contributed by atoms with Crippen molar-refractivity contribution >= 4 is 33.2 Å². The molecule has 2 aromatic rings. The highest BCUT2D eigenvalue weighted by Gasteiger charge is 2.16. The number of rotatable bonds is 6. The van der Waals surface area contributed by atoms with Gasteiger partial charge in [-0.25, -0.2) is 17.9 Å². The third kappa shape index (κ3) is 5.05. The first kappa shape index (κ1) is 19.0. The molecule has 0 aromatic heterocycles. The van der Waals surface area contributed by atoms with Crippen LogP contribution in [0.3, 0.4) is 0 Å². The minimum atomic E-state index is -4.03. The Bertz CT molecular complexity index is 905. The lowest BCUT2D eigenvalue weighted by Crippen LogP contribution is -2.21. The van der Waals surface area contributed by atoms with Gasteiger partial charge in [0.2, 0.25) is 10.0 Å². The average Bonchev–Trinajstić information content (AvgIpc) is 2.53. The van der Waals surface area contributed by atoms with E-state index in [1.54, 1.807) is 0 Å². The van der Waals surface area contributed by atoms with Crippen molar-refractivity contribution in [1.29, 1.82) is 0 Å². The summed E-state index contributed by atoms with van der Waals surface area (Å²) < 4.78 is 46.1. The number of nitrogens with two attached hydrogens (primary N) is 1. The maximum atomic E-state index is 12.9. The van der Waals surface area contributed by atoms with E-state index in [-0.39, 0.29) is 27.1 Å². The summed E-state index contributed by atoms with van der Waals surface area (Å²) in [5, 5.41) is 7.58. The quantitative estimate of drug-likeness (QED) is 0.788. The minimum Gasteiger partial charge on any atom is -0.495 e. The molecule has 10 heteroatoms. The van der Waals surface area contributed by atoms with Gasteiger partial charge in [-0.1, -0.05) is 11.6 Å². The molecule has 0 aliphatic heterocycles. The Morgan fingerprint density at radius 2 is 1.92 bits per heavy atom. The van der Waals surface area contributed by atoms with Gasteiger partial charge in [-0.3, -0.25) is 4.79 Å². The largest absolute Gasteiger partial charge is 0.495 e. The van der Waals surface area contributed by atoms with Crippen LogP contribution in [0.15, 0.2) is 41.3 Å². The Morgan fingerprint density at radius 3 is 2.52 bits per heavy atom. The summed E-state index contributed by atoms with van der Waals surface area (Å²) in [7, 11) is -2.74. The van der Waals surface area contributed by atoms with Crippen molar-refractivity contribution < 1.29 is 27.1 Å². The lowest BCUT2D eigenvalue weighted by molar-refractivity contribution is -0.118. The second kappa shape index (κ2) is 7.68. The monoisotopic (exact) mass is 388 g/mol. The fourth-order valence-electron chi connectivity index (χ4n) is 1.91. The molecule has 0 fully saturated rings. The highest BCUT2D eigenvalue weighted by molar-refractivity contribution is 7.89. The summed E-state index contributed by atoms with van der Waals surface area (Å²) in [6, 6.07) is 7.44. The highest BCUT2D eigenvalue weighted by atomic mass is 35.5. The zero-order chi connectivity index (χ0) is 18.6. The fourth-order valence-corrected chi connectivity index (χ4v) is 2.85. The van der Waals surface area contributed by atoms with E-state index in [0.717, 1.165) is 18.2 Å². The predicted octanol–water partition coefficient (Wildman–Crippen LogP) is 2.15. The number of primary sulfonamides is 1. The van der Waals surface area contributed by atoms with Crippen LogP contribution in [0.2, 0.25) is 5.02 Å². The average molecular weight is 389 g/mol. The van der Waals surface area contributed by atoms with Crippen LogP contribution in [0, 0.1) is 5.82 Å². The number of sulfonamides is 1. The smallest absolute Gasteiger partial charge is 0.262 e. The van der Waals surface area contributed by atoms with Gasteiger partial charge in [0.05, 0.1) is 12.1 Å². The van der Waals surface area contributed by atoms with Crippen molar-refractivity contribution in [2.24, 2.45) is 5.14 Å². The second-order valence-corrected chi connectivity index (χ2v) is 6.76. The third-order valence-electron chi connectivity index (χ3n) is 3.01. The van der Waals surface area contributed by atoms with E-state index in [1.165, 1.54) is 25.3 Å². The topological polar surface area (TPSA) is 108 Å². The van der Waals surface area contributed by atoms with Crippen LogP contribution >= 0.6 is 11.6 Å². The molecule has 25 heavy (non-hydrogen) atoms. The van der Waals surface area contributed by atoms with Gasteiger partial charge >= 0.3 is 0 Å². The molecule has 7 nitrogen and oxygen atoms in total. The molecule has 0 unspecified atom stereocenters. The van der Waals surface area contributed by atoms with Crippen molar-refractivity contribution in [2.75, 3.05) is 19.0 Å². The lowest BCUT2D eigenvalue weighted by atomic mass is 10.3. The summed E-state index contributed by atoms with van der Waals surface area (Å²) in [6.07, 6.45) is 0. The van der Waals surface area contributed by atoms with E-state index >= 15 is 0 Å². The molecule has 2 aromatic carbocycles. The molecule has 0 bridgehead atoms. The summed E-state index contributed by atoms with van der Waals surface area (Å²) >= 11 is 5.79. The Hall–Kier alpha value is -2.36. The molecule has 0 radical (unpaired) electrons. The molecular weight excluding hydrogens is 375 g/mol. The van der Waals surface area contributed by atoms with Gasteiger partial charge in [0.15, 0.2) is 6.61 Å². The number of benzene rings is 2. The molecule has 0 heterocycles. The Morgan fingerprint density at radius 1 is 1.24 bits per heavy atom. The van der Waals surface area contributed by atoms with E-state index < -0.39 is 28.4 Å². The molecule has 0 spiro atoms. The number of anilines is 1. The molecule has 1 amide bonds. The Balaban J connectivity index is 2.08. The van der Waals surface area contributed by atoms with Gasteiger partial charge in [0.1, 0.15) is 22.2 Å². The van der Waals surface area contributed by atoms with Crippen molar-refractivity contribution in [1.82, 2.24) is 0 Å². The first-order valence-corrected chi connectivity index (χ1v) is 8.71. The number of amides is 1. The van der Waals surface area contributed by atoms with Crippen molar-refractivity contribution in [3.8, 4) is 11.5 Å². The van der Waals surface area contributed by atoms with Crippen molar-refractivity contribution in [2.45, 2.75) is 4.90 Å². The standard InChI is InChI=1S/C15H14ClFN2O5S/c1-23-13-5-3-10(7-14(13)25(18,21)22)19-15(20)8-24-12-4-2-9(17)6-11(12)16/h2-7H,8H2,1H3,(H,19,20)(H2,18,21,22). The molecular formula is C15H14ClFN2O5S. The van der Waals surface area contributed by atoms with E-state index in [4.69, 9.17) is 26.2 Å². The van der Waals surface area contributed by atoms with Gasteiger partial charge in [-0.05, 0) is 36.4 Å². The van der Waals surface area contributed by atoms with Gasteiger partial charge in [0, 0.05) is 5.69 Å². The normalized spacial score (nSPS) is 11.0. The molecule has 0 aliphatic rings. The molecule has 0 atom stereocenters. The van der Waals surface area contributed by atoms with Gasteiger partial charge in [0.25, 0.3) is 5.91 Å². The molecule has 0 aliphatic carbocycles. The van der Waals surface area contributed by atoms with E-state index in [2.05, 4.69) is 5.32 Å². The molecule has 3 N–H and O–H groups in total. The third-order valence-corrected chi connectivity index (χ3v) is 4.23. The van der Waals surface area contributed by atoms with Crippen LogP contribution in [-0.4, -0.2) is 28.0 Å². The summed E-state index contributed by atoms with van der Waals surface area (Å²) in [5.74, 6) is -0.922. The maximum absolute atomic E-state index is 12.9. The number of hydrogen-bond acceptors (Lipinski definition) is 5.